The molecule has 0 spiro atoms. The van der Waals surface area contributed by atoms with Crippen molar-refractivity contribution in [1.82, 2.24) is 19.6 Å². The van der Waals surface area contributed by atoms with Gasteiger partial charge in [-0.05, 0) is 36.7 Å². The van der Waals surface area contributed by atoms with Crippen molar-refractivity contribution in [2.24, 2.45) is 7.05 Å². The van der Waals surface area contributed by atoms with Gasteiger partial charge in [0.1, 0.15) is 5.82 Å². The first-order valence-electron chi connectivity index (χ1n) is 5.96. The van der Waals surface area contributed by atoms with E-state index in [9.17, 15) is 0 Å². The Kier molecular flexibility index (Phi) is 3.75. The standard InChI is InChI=1S/C12H18BrN5/c1-8(2)18-6-5-11(16-18)14-7-10-12(13)9(3)15-17(10)4/h5-6,8H,7H2,1-4H3,(H,14,16). The number of hydrogen-bond acceptors (Lipinski definition) is 3. The monoisotopic (exact) mass is 311 g/mol. The lowest BCUT2D eigenvalue weighted by Gasteiger charge is -2.06. The highest BCUT2D eigenvalue weighted by atomic mass is 79.9. The Labute approximate surface area is 115 Å². The number of anilines is 1. The number of halogens is 1. The third-order valence-corrected chi connectivity index (χ3v) is 3.87. The molecule has 0 aromatic carbocycles. The fourth-order valence-corrected chi connectivity index (χ4v) is 2.24. The number of aromatic nitrogens is 4. The van der Waals surface area contributed by atoms with Crippen LogP contribution in [0.15, 0.2) is 16.7 Å². The van der Waals surface area contributed by atoms with Crippen molar-refractivity contribution in [2.75, 3.05) is 5.32 Å². The smallest absolute Gasteiger partial charge is 0.148 e. The molecule has 1 N–H and O–H groups in total. The Bertz CT molecular complexity index is 541. The van der Waals surface area contributed by atoms with E-state index in [1.165, 1.54) is 0 Å². The van der Waals surface area contributed by atoms with Crippen molar-refractivity contribution in [3.05, 3.63) is 28.1 Å². The predicted molar refractivity (Wildman–Crippen MR) is 75.6 cm³/mol. The summed E-state index contributed by atoms with van der Waals surface area (Å²) in [5, 5.41) is 12.1. The van der Waals surface area contributed by atoms with Crippen molar-refractivity contribution in [3.8, 4) is 0 Å². The molecule has 0 fully saturated rings. The fraction of sp³-hybridized carbons (Fsp3) is 0.500. The Morgan fingerprint density at radius 2 is 2.11 bits per heavy atom. The minimum Gasteiger partial charge on any atom is -0.363 e. The number of nitrogens with one attached hydrogen (secondary N) is 1. The van der Waals surface area contributed by atoms with Crippen LogP contribution in [-0.4, -0.2) is 19.6 Å². The van der Waals surface area contributed by atoms with Crippen LogP contribution in [-0.2, 0) is 13.6 Å². The molecule has 2 aromatic rings. The second-order valence-corrected chi connectivity index (χ2v) is 5.39. The first-order valence-corrected chi connectivity index (χ1v) is 6.75. The number of nitrogens with zero attached hydrogens (tertiary/aromatic N) is 4. The highest BCUT2D eigenvalue weighted by Crippen LogP contribution is 2.21. The minimum atomic E-state index is 0.381. The van der Waals surface area contributed by atoms with Crippen LogP contribution >= 0.6 is 15.9 Å². The highest BCUT2D eigenvalue weighted by Gasteiger charge is 2.10. The molecule has 2 rings (SSSR count). The van der Waals surface area contributed by atoms with Gasteiger partial charge >= 0.3 is 0 Å². The largest absolute Gasteiger partial charge is 0.363 e. The lowest BCUT2D eigenvalue weighted by molar-refractivity contribution is 0.533. The zero-order valence-corrected chi connectivity index (χ0v) is 12.7. The van der Waals surface area contributed by atoms with Crippen molar-refractivity contribution in [3.63, 3.8) is 0 Å². The summed E-state index contributed by atoms with van der Waals surface area (Å²) in [5.41, 5.74) is 2.12. The second-order valence-electron chi connectivity index (χ2n) is 4.60. The van der Waals surface area contributed by atoms with Crippen molar-refractivity contribution >= 4 is 21.7 Å². The van der Waals surface area contributed by atoms with Gasteiger partial charge in [-0.25, -0.2) is 0 Å². The number of hydrogen-bond donors (Lipinski definition) is 1. The summed E-state index contributed by atoms with van der Waals surface area (Å²) in [6, 6.07) is 2.36. The summed E-state index contributed by atoms with van der Waals surface area (Å²) in [6.07, 6.45) is 1.98. The van der Waals surface area contributed by atoms with E-state index >= 15 is 0 Å². The third kappa shape index (κ3) is 2.58. The van der Waals surface area contributed by atoms with E-state index in [1.54, 1.807) is 0 Å². The lowest BCUT2D eigenvalue weighted by atomic mass is 10.3. The molecule has 0 unspecified atom stereocenters. The van der Waals surface area contributed by atoms with Crippen molar-refractivity contribution in [1.29, 1.82) is 0 Å². The predicted octanol–water partition coefficient (Wildman–Crippen LogP) is 2.88. The first-order chi connectivity index (χ1) is 8.49. The minimum absolute atomic E-state index is 0.381. The molecule has 0 bridgehead atoms. The molecule has 98 valence electrons. The highest BCUT2D eigenvalue weighted by molar-refractivity contribution is 9.10. The van der Waals surface area contributed by atoms with Crippen molar-refractivity contribution in [2.45, 2.75) is 33.4 Å². The summed E-state index contributed by atoms with van der Waals surface area (Å²) >= 11 is 3.55. The third-order valence-electron chi connectivity index (χ3n) is 2.84. The van der Waals surface area contributed by atoms with Gasteiger partial charge in [0.2, 0.25) is 0 Å². The molecule has 0 saturated carbocycles. The normalized spacial score (nSPS) is 11.2. The zero-order valence-electron chi connectivity index (χ0n) is 11.1. The van der Waals surface area contributed by atoms with Crippen LogP contribution in [0.1, 0.15) is 31.3 Å². The van der Waals surface area contributed by atoms with Crippen LogP contribution in [0.4, 0.5) is 5.82 Å². The molecule has 0 atom stereocenters. The molecule has 2 aromatic heterocycles. The molecule has 6 heteroatoms. The van der Waals surface area contributed by atoms with Gasteiger partial charge in [-0.15, -0.1) is 0 Å². The van der Waals surface area contributed by atoms with E-state index in [-0.39, 0.29) is 0 Å². The Hall–Kier alpha value is -1.30. The van der Waals surface area contributed by atoms with Gasteiger partial charge in [-0.1, -0.05) is 0 Å². The van der Waals surface area contributed by atoms with Crippen LogP contribution in [0, 0.1) is 6.92 Å². The van der Waals surface area contributed by atoms with E-state index in [0.29, 0.717) is 12.6 Å². The summed E-state index contributed by atoms with van der Waals surface area (Å²) in [7, 11) is 1.95. The topological polar surface area (TPSA) is 47.7 Å². The van der Waals surface area contributed by atoms with Gasteiger partial charge < -0.3 is 5.32 Å². The van der Waals surface area contributed by atoms with Gasteiger partial charge in [-0.3, -0.25) is 9.36 Å². The molecule has 0 saturated heterocycles. The van der Waals surface area contributed by atoms with E-state index in [4.69, 9.17) is 0 Å². The van der Waals surface area contributed by atoms with E-state index < -0.39 is 0 Å². The van der Waals surface area contributed by atoms with Gasteiger partial charge in [0.05, 0.1) is 22.4 Å². The molecule has 0 aliphatic rings. The molecule has 0 aliphatic carbocycles. The lowest BCUT2D eigenvalue weighted by Crippen LogP contribution is -2.07. The molecule has 0 amide bonds. The second kappa shape index (κ2) is 5.14. The number of rotatable bonds is 4. The zero-order chi connectivity index (χ0) is 13.3. The van der Waals surface area contributed by atoms with Crippen molar-refractivity contribution < 1.29 is 0 Å². The summed E-state index contributed by atoms with van der Waals surface area (Å²) in [6.45, 7) is 6.91. The SMILES string of the molecule is Cc1nn(C)c(CNc2ccn(C(C)C)n2)c1Br. The Morgan fingerprint density at radius 1 is 1.39 bits per heavy atom. The summed E-state index contributed by atoms with van der Waals surface area (Å²) < 4.78 is 4.87. The van der Waals surface area contributed by atoms with Gasteiger partial charge in [-0.2, -0.15) is 10.2 Å². The van der Waals surface area contributed by atoms with Crippen LogP contribution in [0.5, 0.6) is 0 Å². The molecule has 2 heterocycles. The average Bonchev–Trinajstić information content (AvgIpc) is 2.85. The van der Waals surface area contributed by atoms with E-state index in [0.717, 1.165) is 21.7 Å². The van der Waals surface area contributed by atoms with E-state index in [1.807, 2.05) is 35.6 Å². The van der Waals surface area contributed by atoms with Crippen LogP contribution in [0.3, 0.4) is 0 Å². The first kappa shape index (κ1) is 13.1. The Balaban J connectivity index is 2.06. The van der Waals surface area contributed by atoms with Gasteiger partial charge in [0.15, 0.2) is 0 Å². The molecule has 0 radical (unpaired) electrons. The Morgan fingerprint density at radius 3 is 2.61 bits per heavy atom. The van der Waals surface area contributed by atoms with Gasteiger partial charge in [0, 0.05) is 25.4 Å². The fourth-order valence-electron chi connectivity index (χ4n) is 1.77. The summed E-state index contributed by atoms with van der Waals surface area (Å²) in [4.78, 5) is 0. The molecule has 18 heavy (non-hydrogen) atoms. The number of aryl methyl sites for hydroxylation is 2. The molecule has 5 nitrogen and oxygen atoms in total. The maximum atomic E-state index is 4.45. The molecular weight excluding hydrogens is 294 g/mol. The van der Waals surface area contributed by atoms with Gasteiger partial charge in [0.25, 0.3) is 0 Å². The molecule has 0 aliphatic heterocycles. The van der Waals surface area contributed by atoms with Crippen LogP contribution in [0.25, 0.3) is 0 Å². The average molecular weight is 312 g/mol. The molecular formula is C12H18BrN5. The maximum Gasteiger partial charge on any atom is 0.148 e. The van der Waals surface area contributed by atoms with Crippen LogP contribution in [0.2, 0.25) is 0 Å². The maximum absolute atomic E-state index is 4.45. The van der Waals surface area contributed by atoms with Crippen LogP contribution < -0.4 is 5.32 Å². The van der Waals surface area contributed by atoms with E-state index in [2.05, 4.69) is 45.3 Å². The quantitative estimate of drug-likeness (QED) is 0.944. The summed E-state index contributed by atoms with van der Waals surface area (Å²) in [5.74, 6) is 0.884.